The Bertz CT molecular complexity index is 498. The second-order valence-electron chi connectivity index (χ2n) is 3.12. The van der Waals surface area contributed by atoms with Crippen molar-refractivity contribution in [3.8, 4) is 0 Å². The first-order valence-electron chi connectivity index (χ1n) is 4.58. The highest BCUT2D eigenvalue weighted by atomic mass is 79.9. The van der Waals surface area contributed by atoms with Crippen LogP contribution in [0.15, 0.2) is 16.9 Å². The van der Waals surface area contributed by atoms with E-state index in [0.29, 0.717) is 12.4 Å². The van der Waals surface area contributed by atoms with Crippen molar-refractivity contribution < 1.29 is 0 Å². The normalized spacial score (nSPS) is 10.4. The fourth-order valence-corrected chi connectivity index (χ4v) is 2.23. The molecule has 0 aliphatic carbocycles. The molecule has 2 aromatic heterocycles. The zero-order valence-electron chi connectivity index (χ0n) is 8.57. The number of nitrogen functional groups attached to an aromatic ring is 1. The van der Waals surface area contributed by atoms with Crippen LogP contribution in [0.5, 0.6) is 0 Å². The summed E-state index contributed by atoms with van der Waals surface area (Å²) in [5.74, 6) is 0.949. The molecule has 3 N–H and O–H groups in total. The third kappa shape index (κ3) is 2.67. The average Bonchev–Trinajstić information content (AvgIpc) is 2.66. The number of nitrogens with two attached hydrogens (primary N) is 1. The van der Waals surface area contributed by atoms with E-state index in [4.69, 9.17) is 5.73 Å². The first-order chi connectivity index (χ1) is 7.65. The molecule has 2 aromatic rings. The second-order valence-corrected chi connectivity index (χ2v) is 5.30. The largest absolute Gasteiger partial charge is 0.368 e. The molecule has 2 heterocycles. The van der Waals surface area contributed by atoms with E-state index >= 15 is 0 Å². The predicted octanol–water partition coefficient (Wildman–Crippen LogP) is 2.20. The molecule has 0 atom stereocenters. The molecule has 2 rings (SSSR count). The Morgan fingerprint density at radius 2 is 2.25 bits per heavy atom. The van der Waals surface area contributed by atoms with Crippen molar-refractivity contribution in [1.29, 1.82) is 0 Å². The summed E-state index contributed by atoms with van der Waals surface area (Å²) in [5, 5.41) is 4.23. The molecule has 84 valence electrons. The van der Waals surface area contributed by atoms with Crippen molar-refractivity contribution in [3.63, 3.8) is 0 Å². The van der Waals surface area contributed by atoms with Crippen molar-refractivity contribution in [2.24, 2.45) is 0 Å². The van der Waals surface area contributed by atoms with Gasteiger partial charge in [0.2, 0.25) is 5.95 Å². The number of rotatable bonds is 3. The molecule has 0 aromatic carbocycles. The van der Waals surface area contributed by atoms with E-state index in [1.807, 2.05) is 13.1 Å². The van der Waals surface area contributed by atoms with Crippen LogP contribution in [0.1, 0.15) is 9.88 Å². The lowest BCUT2D eigenvalue weighted by Crippen LogP contribution is -2.04. The Morgan fingerprint density at radius 1 is 1.44 bits per heavy atom. The van der Waals surface area contributed by atoms with Gasteiger partial charge in [0.25, 0.3) is 0 Å². The molecule has 0 aliphatic heterocycles. The minimum Gasteiger partial charge on any atom is -0.368 e. The summed E-state index contributed by atoms with van der Waals surface area (Å²) in [5.41, 5.74) is 5.51. The zero-order chi connectivity index (χ0) is 11.5. The van der Waals surface area contributed by atoms with Crippen molar-refractivity contribution in [1.82, 2.24) is 15.0 Å². The maximum absolute atomic E-state index is 5.51. The highest BCUT2D eigenvalue weighted by Gasteiger charge is 2.04. The Morgan fingerprint density at radius 3 is 2.94 bits per heavy atom. The van der Waals surface area contributed by atoms with E-state index in [2.05, 4.69) is 36.2 Å². The van der Waals surface area contributed by atoms with E-state index in [9.17, 15) is 0 Å². The summed E-state index contributed by atoms with van der Waals surface area (Å²) >= 11 is 5.01. The molecule has 0 fully saturated rings. The Labute approximate surface area is 105 Å². The van der Waals surface area contributed by atoms with Crippen LogP contribution >= 0.6 is 27.3 Å². The van der Waals surface area contributed by atoms with E-state index < -0.39 is 0 Å². The molecule has 0 saturated heterocycles. The third-order valence-corrected chi connectivity index (χ3v) is 3.36. The lowest BCUT2D eigenvalue weighted by molar-refractivity contribution is 1.09. The minimum atomic E-state index is 0.256. The molecule has 0 amide bonds. The van der Waals surface area contributed by atoms with Gasteiger partial charge in [0.05, 0.1) is 16.0 Å². The molecule has 0 aliphatic rings. The number of nitrogens with one attached hydrogen (secondary N) is 1. The van der Waals surface area contributed by atoms with E-state index in [1.165, 1.54) is 0 Å². The number of thiazole rings is 1. The van der Waals surface area contributed by atoms with Gasteiger partial charge >= 0.3 is 0 Å². The highest BCUT2D eigenvalue weighted by Crippen LogP contribution is 2.21. The van der Waals surface area contributed by atoms with Crippen molar-refractivity contribution in [3.05, 3.63) is 26.8 Å². The highest BCUT2D eigenvalue weighted by molar-refractivity contribution is 9.10. The van der Waals surface area contributed by atoms with E-state index in [-0.39, 0.29) is 5.95 Å². The van der Waals surface area contributed by atoms with Gasteiger partial charge in [0.1, 0.15) is 5.82 Å². The number of halogens is 1. The summed E-state index contributed by atoms with van der Waals surface area (Å²) in [4.78, 5) is 13.3. The van der Waals surface area contributed by atoms with Crippen molar-refractivity contribution in [2.45, 2.75) is 13.5 Å². The van der Waals surface area contributed by atoms with Gasteiger partial charge in [0, 0.05) is 17.3 Å². The summed E-state index contributed by atoms with van der Waals surface area (Å²) in [6, 6.07) is 0. The molecular weight excluding hydrogens is 290 g/mol. The quantitative estimate of drug-likeness (QED) is 0.908. The zero-order valence-corrected chi connectivity index (χ0v) is 11.0. The lowest BCUT2D eigenvalue weighted by atomic mass is 10.5. The first-order valence-corrected chi connectivity index (χ1v) is 6.19. The van der Waals surface area contributed by atoms with Crippen LogP contribution in [0.3, 0.4) is 0 Å². The SMILES string of the molecule is Cc1ncc(CNc2nc(N)ncc2Br)s1. The minimum absolute atomic E-state index is 0.256. The van der Waals surface area contributed by atoms with Gasteiger partial charge < -0.3 is 11.1 Å². The number of hydrogen-bond donors (Lipinski definition) is 2. The van der Waals surface area contributed by atoms with Gasteiger partial charge in [-0.05, 0) is 22.9 Å². The van der Waals surface area contributed by atoms with Crippen LogP contribution in [0.25, 0.3) is 0 Å². The fourth-order valence-electron chi connectivity index (χ4n) is 1.16. The fraction of sp³-hybridized carbons (Fsp3) is 0.222. The maximum atomic E-state index is 5.51. The smallest absolute Gasteiger partial charge is 0.221 e. The number of hydrogen-bond acceptors (Lipinski definition) is 6. The standard InChI is InChI=1S/C9H10BrN5S/c1-5-12-2-6(16-5)3-13-8-7(10)4-14-9(11)15-8/h2,4H,3H2,1H3,(H3,11,13,14,15). The molecule has 0 spiro atoms. The topological polar surface area (TPSA) is 76.7 Å². The predicted molar refractivity (Wildman–Crippen MR) is 68.3 cm³/mol. The Hall–Kier alpha value is -1.21. The summed E-state index contributed by atoms with van der Waals surface area (Å²) < 4.78 is 0.794. The molecule has 0 saturated carbocycles. The number of aryl methyl sites for hydroxylation is 1. The van der Waals surface area contributed by atoms with E-state index in [0.717, 1.165) is 14.4 Å². The maximum Gasteiger partial charge on any atom is 0.221 e. The lowest BCUT2D eigenvalue weighted by Gasteiger charge is -2.05. The second kappa shape index (κ2) is 4.75. The molecule has 16 heavy (non-hydrogen) atoms. The van der Waals surface area contributed by atoms with Gasteiger partial charge in [-0.3, -0.25) is 0 Å². The monoisotopic (exact) mass is 299 g/mol. The van der Waals surface area contributed by atoms with Crippen LogP contribution in [0.4, 0.5) is 11.8 Å². The molecule has 5 nitrogen and oxygen atoms in total. The Kier molecular flexibility index (Phi) is 3.35. The summed E-state index contributed by atoms with van der Waals surface area (Å²) in [6.45, 7) is 2.66. The number of anilines is 2. The van der Waals surface area contributed by atoms with Crippen LogP contribution in [0, 0.1) is 6.92 Å². The molecule has 0 bridgehead atoms. The van der Waals surface area contributed by atoms with Gasteiger partial charge in [-0.15, -0.1) is 11.3 Å². The average molecular weight is 300 g/mol. The van der Waals surface area contributed by atoms with Gasteiger partial charge in [-0.1, -0.05) is 0 Å². The Balaban J connectivity index is 2.07. The molecule has 0 unspecified atom stereocenters. The van der Waals surface area contributed by atoms with Crippen LogP contribution in [0.2, 0.25) is 0 Å². The van der Waals surface area contributed by atoms with Gasteiger partial charge in [0.15, 0.2) is 0 Å². The van der Waals surface area contributed by atoms with Crippen LogP contribution < -0.4 is 11.1 Å². The van der Waals surface area contributed by atoms with Gasteiger partial charge in [-0.2, -0.15) is 4.98 Å². The molecule has 0 radical (unpaired) electrons. The molecule has 7 heteroatoms. The molecular formula is C9H10BrN5S. The summed E-state index contributed by atoms with van der Waals surface area (Å²) in [7, 11) is 0. The van der Waals surface area contributed by atoms with Crippen LogP contribution in [-0.4, -0.2) is 15.0 Å². The van der Waals surface area contributed by atoms with Crippen molar-refractivity contribution >= 4 is 39.0 Å². The van der Waals surface area contributed by atoms with Crippen LogP contribution in [-0.2, 0) is 6.54 Å². The van der Waals surface area contributed by atoms with E-state index in [1.54, 1.807) is 17.5 Å². The number of nitrogens with zero attached hydrogens (tertiary/aromatic N) is 3. The van der Waals surface area contributed by atoms with Gasteiger partial charge in [-0.25, -0.2) is 9.97 Å². The first kappa shape index (κ1) is 11.3. The summed E-state index contributed by atoms with van der Waals surface area (Å²) in [6.07, 6.45) is 3.48. The number of aromatic nitrogens is 3. The van der Waals surface area contributed by atoms with Crippen molar-refractivity contribution in [2.75, 3.05) is 11.1 Å². The third-order valence-electron chi connectivity index (χ3n) is 1.86.